The SMILES string of the molecule is Cc1cc(CC(=O)Nc2cnn(C(C)(C)C)c2)ccc1Oc1ccnc2ccc(OC3CC(N)C3)cc12. The van der Waals surface area contributed by atoms with Crippen LogP contribution >= 0.6 is 0 Å². The zero-order valence-corrected chi connectivity index (χ0v) is 21.7. The van der Waals surface area contributed by atoms with Gasteiger partial charge in [0.05, 0.1) is 29.4 Å². The third kappa shape index (κ3) is 5.75. The number of nitrogens with two attached hydrogens (primary N) is 1. The minimum absolute atomic E-state index is 0.0957. The van der Waals surface area contributed by atoms with Crippen LogP contribution in [0.1, 0.15) is 44.7 Å². The van der Waals surface area contributed by atoms with E-state index in [0.29, 0.717) is 11.4 Å². The van der Waals surface area contributed by atoms with E-state index in [1.807, 2.05) is 60.3 Å². The molecule has 8 nitrogen and oxygen atoms in total. The van der Waals surface area contributed by atoms with Crippen LogP contribution in [0.15, 0.2) is 61.1 Å². The summed E-state index contributed by atoms with van der Waals surface area (Å²) in [4.78, 5) is 17.1. The van der Waals surface area contributed by atoms with Gasteiger partial charge in [-0.25, -0.2) is 0 Å². The number of hydrogen-bond donors (Lipinski definition) is 2. The van der Waals surface area contributed by atoms with E-state index in [4.69, 9.17) is 15.2 Å². The molecule has 192 valence electrons. The van der Waals surface area contributed by atoms with Gasteiger partial charge in [-0.3, -0.25) is 14.5 Å². The summed E-state index contributed by atoms with van der Waals surface area (Å²) in [6.45, 7) is 8.16. The second-order valence-electron chi connectivity index (χ2n) is 10.7. The number of carbonyl (C=O) groups excluding carboxylic acids is 1. The number of fused-ring (bicyclic) bond motifs is 1. The van der Waals surface area contributed by atoms with Crippen molar-refractivity contribution >= 4 is 22.5 Å². The van der Waals surface area contributed by atoms with Gasteiger partial charge >= 0.3 is 0 Å². The van der Waals surface area contributed by atoms with E-state index in [1.54, 1.807) is 12.4 Å². The highest BCUT2D eigenvalue weighted by molar-refractivity contribution is 5.92. The number of aryl methyl sites for hydroxylation is 1. The second-order valence-corrected chi connectivity index (χ2v) is 10.7. The molecule has 5 rings (SSSR count). The highest BCUT2D eigenvalue weighted by Crippen LogP contribution is 2.34. The largest absolute Gasteiger partial charge is 0.490 e. The average molecular weight is 500 g/mol. The lowest BCUT2D eigenvalue weighted by Crippen LogP contribution is -2.43. The number of anilines is 1. The molecule has 0 radical (unpaired) electrons. The zero-order chi connectivity index (χ0) is 26.2. The van der Waals surface area contributed by atoms with Crippen molar-refractivity contribution in [2.45, 2.75) is 64.6 Å². The minimum Gasteiger partial charge on any atom is -0.490 e. The lowest BCUT2D eigenvalue weighted by molar-refractivity contribution is -0.115. The zero-order valence-electron chi connectivity index (χ0n) is 21.7. The molecule has 1 saturated carbocycles. The summed E-state index contributed by atoms with van der Waals surface area (Å²) in [5.74, 6) is 2.11. The monoisotopic (exact) mass is 499 g/mol. The van der Waals surface area contributed by atoms with E-state index in [9.17, 15) is 4.79 Å². The van der Waals surface area contributed by atoms with E-state index in [0.717, 1.165) is 46.4 Å². The van der Waals surface area contributed by atoms with Crippen molar-refractivity contribution in [1.82, 2.24) is 14.8 Å². The summed E-state index contributed by atoms with van der Waals surface area (Å²) in [6, 6.07) is 13.7. The molecule has 0 bridgehead atoms. The van der Waals surface area contributed by atoms with Crippen molar-refractivity contribution in [2.24, 2.45) is 5.73 Å². The smallest absolute Gasteiger partial charge is 0.228 e. The third-order valence-corrected chi connectivity index (χ3v) is 6.48. The maximum atomic E-state index is 12.6. The summed E-state index contributed by atoms with van der Waals surface area (Å²) in [6.07, 6.45) is 7.41. The van der Waals surface area contributed by atoms with Crippen molar-refractivity contribution in [3.05, 3.63) is 72.2 Å². The van der Waals surface area contributed by atoms with E-state index >= 15 is 0 Å². The molecule has 0 atom stereocenters. The first-order valence-corrected chi connectivity index (χ1v) is 12.6. The lowest BCUT2D eigenvalue weighted by Gasteiger charge is -2.32. The maximum Gasteiger partial charge on any atom is 0.228 e. The Balaban J connectivity index is 1.27. The third-order valence-electron chi connectivity index (χ3n) is 6.48. The van der Waals surface area contributed by atoms with Crippen LogP contribution in [0, 0.1) is 6.92 Å². The summed E-state index contributed by atoms with van der Waals surface area (Å²) >= 11 is 0. The summed E-state index contributed by atoms with van der Waals surface area (Å²) < 4.78 is 14.2. The molecule has 2 aromatic heterocycles. The predicted octanol–water partition coefficient (Wildman–Crippen LogP) is 5.34. The standard InChI is InChI=1S/C29H33N5O3/c1-18-11-19(12-28(35)33-21-16-32-34(17-21)29(2,3)4)5-8-26(18)37-27-9-10-31-25-7-6-22(15-24(25)27)36-23-13-20(30)14-23/h5-11,15-17,20,23H,12-14,30H2,1-4H3,(H,33,35). The van der Waals surface area contributed by atoms with Crippen LogP contribution < -0.4 is 20.5 Å². The predicted molar refractivity (Wildman–Crippen MR) is 144 cm³/mol. The van der Waals surface area contributed by atoms with Crippen LogP contribution in [-0.2, 0) is 16.8 Å². The van der Waals surface area contributed by atoms with E-state index < -0.39 is 0 Å². The normalized spacial score (nSPS) is 17.3. The molecule has 1 amide bonds. The van der Waals surface area contributed by atoms with Crippen LogP contribution in [0.4, 0.5) is 5.69 Å². The molecule has 1 aliphatic carbocycles. The van der Waals surface area contributed by atoms with Crippen LogP contribution in [0.25, 0.3) is 10.9 Å². The molecule has 2 aromatic carbocycles. The maximum absolute atomic E-state index is 12.6. The fourth-order valence-corrected chi connectivity index (χ4v) is 4.36. The highest BCUT2D eigenvalue weighted by atomic mass is 16.5. The van der Waals surface area contributed by atoms with E-state index in [2.05, 4.69) is 36.2 Å². The first-order valence-electron chi connectivity index (χ1n) is 12.6. The Kier molecular flexibility index (Phi) is 6.60. The first-order chi connectivity index (χ1) is 17.6. The van der Waals surface area contributed by atoms with Gasteiger partial charge in [0.2, 0.25) is 5.91 Å². The van der Waals surface area contributed by atoms with Crippen molar-refractivity contribution in [2.75, 3.05) is 5.32 Å². The van der Waals surface area contributed by atoms with Crippen LogP contribution in [0.3, 0.4) is 0 Å². The Bertz CT molecular complexity index is 1430. The quantitative estimate of drug-likeness (QED) is 0.356. The van der Waals surface area contributed by atoms with Gasteiger partial charge in [0.1, 0.15) is 23.4 Å². The Morgan fingerprint density at radius 2 is 1.95 bits per heavy atom. The van der Waals surface area contributed by atoms with Gasteiger partial charge in [0.15, 0.2) is 0 Å². The Morgan fingerprint density at radius 1 is 1.14 bits per heavy atom. The number of nitrogens with one attached hydrogen (secondary N) is 1. The number of amides is 1. The molecular weight excluding hydrogens is 466 g/mol. The van der Waals surface area contributed by atoms with Crippen molar-refractivity contribution in [3.63, 3.8) is 0 Å². The van der Waals surface area contributed by atoms with Gasteiger partial charge in [-0.1, -0.05) is 12.1 Å². The molecule has 0 spiro atoms. The van der Waals surface area contributed by atoms with E-state index in [-0.39, 0.29) is 30.0 Å². The molecule has 8 heteroatoms. The summed E-state index contributed by atoms with van der Waals surface area (Å²) in [5, 5.41) is 8.14. The number of pyridine rings is 1. The molecule has 1 fully saturated rings. The van der Waals surface area contributed by atoms with Crippen molar-refractivity contribution < 1.29 is 14.3 Å². The van der Waals surface area contributed by atoms with E-state index in [1.165, 1.54) is 0 Å². The molecule has 0 aliphatic heterocycles. The first kappa shape index (κ1) is 24.8. The molecule has 0 unspecified atom stereocenters. The summed E-state index contributed by atoms with van der Waals surface area (Å²) in [5.41, 5.74) is 9.10. The van der Waals surface area contributed by atoms with Gasteiger partial charge in [-0.05, 0) is 82.0 Å². The molecule has 0 saturated heterocycles. The molecule has 4 aromatic rings. The number of aromatic nitrogens is 3. The fourth-order valence-electron chi connectivity index (χ4n) is 4.36. The second kappa shape index (κ2) is 9.86. The number of hydrogen-bond acceptors (Lipinski definition) is 6. The number of carbonyl (C=O) groups is 1. The number of ether oxygens (including phenoxy) is 2. The Morgan fingerprint density at radius 3 is 2.65 bits per heavy atom. The lowest BCUT2D eigenvalue weighted by atomic mass is 9.90. The molecular formula is C29H33N5O3. The molecule has 2 heterocycles. The molecule has 37 heavy (non-hydrogen) atoms. The average Bonchev–Trinajstić information content (AvgIpc) is 3.29. The van der Waals surface area contributed by atoms with Crippen LogP contribution in [0.2, 0.25) is 0 Å². The van der Waals surface area contributed by atoms with Gasteiger partial charge < -0.3 is 20.5 Å². The van der Waals surface area contributed by atoms with Gasteiger partial charge in [-0.2, -0.15) is 5.10 Å². The van der Waals surface area contributed by atoms with Crippen molar-refractivity contribution in [3.8, 4) is 17.2 Å². The highest BCUT2D eigenvalue weighted by Gasteiger charge is 2.27. The Hall–Kier alpha value is -3.91. The van der Waals surface area contributed by atoms with Crippen LogP contribution in [0.5, 0.6) is 17.2 Å². The van der Waals surface area contributed by atoms with Gasteiger partial charge in [0, 0.05) is 23.8 Å². The van der Waals surface area contributed by atoms with Gasteiger partial charge in [0.25, 0.3) is 0 Å². The topological polar surface area (TPSA) is 104 Å². The number of rotatable bonds is 7. The Labute approximate surface area is 216 Å². The van der Waals surface area contributed by atoms with Gasteiger partial charge in [-0.15, -0.1) is 0 Å². The summed E-state index contributed by atoms with van der Waals surface area (Å²) in [7, 11) is 0. The molecule has 3 N–H and O–H groups in total. The molecule has 1 aliphatic rings. The fraction of sp³-hybridized carbons (Fsp3) is 0.345. The van der Waals surface area contributed by atoms with Crippen molar-refractivity contribution in [1.29, 1.82) is 0 Å². The minimum atomic E-state index is -0.143. The number of nitrogens with zero attached hydrogens (tertiary/aromatic N) is 3. The van der Waals surface area contributed by atoms with Crippen LogP contribution in [-0.4, -0.2) is 32.8 Å². The number of benzene rings is 2.